The van der Waals surface area contributed by atoms with Crippen molar-refractivity contribution in [1.82, 2.24) is 5.32 Å². The number of rotatable bonds is 5. The lowest BCUT2D eigenvalue weighted by Crippen LogP contribution is -2.20. The molecule has 0 amide bonds. The summed E-state index contributed by atoms with van der Waals surface area (Å²) in [7, 11) is -2.90. The molecule has 6 heteroatoms. The topological polar surface area (TPSA) is 55.4 Å². The van der Waals surface area contributed by atoms with E-state index in [4.69, 9.17) is 4.74 Å². The molecule has 106 valence electrons. The number of ether oxygens (including phenoxy) is 1. The van der Waals surface area contributed by atoms with Gasteiger partial charge in [-0.05, 0) is 31.2 Å². The van der Waals surface area contributed by atoms with Crippen molar-refractivity contribution in [1.29, 1.82) is 0 Å². The van der Waals surface area contributed by atoms with Gasteiger partial charge in [0.25, 0.3) is 0 Å². The zero-order valence-corrected chi connectivity index (χ0v) is 13.3. The Labute approximate surface area is 122 Å². The highest BCUT2D eigenvalue weighted by atomic mass is 79.9. The van der Waals surface area contributed by atoms with Crippen LogP contribution in [0.15, 0.2) is 22.7 Å². The zero-order valence-electron chi connectivity index (χ0n) is 10.9. The molecule has 1 saturated heterocycles. The van der Waals surface area contributed by atoms with Crippen molar-refractivity contribution in [3.05, 3.63) is 28.2 Å². The van der Waals surface area contributed by atoms with Crippen LogP contribution in [0, 0.1) is 0 Å². The second kappa shape index (κ2) is 6.24. The van der Waals surface area contributed by atoms with Crippen molar-refractivity contribution >= 4 is 25.8 Å². The predicted octanol–water partition coefficient (Wildman–Crippen LogP) is 2.12. The molecule has 19 heavy (non-hydrogen) atoms. The Morgan fingerprint density at radius 2 is 2.26 bits per heavy atom. The molecule has 0 aliphatic carbocycles. The lowest BCUT2D eigenvalue weighted by atomic mass is 10.2. The second-order valence-corrected chi connectivity index (χ2v) is 7.82. The summed E-state index contributed by atoms with van der Waals surface area (Å²) >= 11 is 3.44. The van der Waals surface area contributed by atoms with Gasteiger partial charge < -0.3 is 10.1 Å². The first-order valence-electron chi connectivity index (χ1n) is 6.36. The highest BCUT2D eigenvalue weighted by molar-refractivity contribution is 9.10. The molecular formula is C13H18BrNO3S. The normalized spacial score (nSPS) is 21.5. The molecule has 1 atom stereocenters. The van der Waals surface area contributed by atoms with Gasteiger partial charge in [-0.1, -0.05) is 22.9 Å². The smallest absolute Gasteiger partial charge is 0.154 e. The standard InChI is InChI=1S/C13H18BrNO3S/c1-2-15-8-10-7-11(14)3-4-13(10)18-12-5-6-19(16,17)9-12/h3-4,7,12,15H,2,5-6,8-9H2,1H3. The summed E-state index contributed by atoms with van der Waals surface area (Å²) < 4.78 is 29.7. The zero-order chi connectivity index (χ0) is 13.9. The van der Waals surface area contributed by atoms with Gasteiger partial charge in [0.1, 0.15) is 11.9 Å². The third-order valence-electron chi connectivity index (χ3n) is 3.07. The Hall–Kier alpha value is -0.590. The summed E-state index contributed by atoms with van der Waals surface area (Å²) in [6.07, 6.45) is 0.366. The van der Waals surface area contributed by atoms with Gasteiger partial charge in [0.05, 0.1) is 11.5 Å². The Bertz CT molecular complexity index is 545. The molecule has 0 radical (unpaired) electrons. The Morgan fingerprint density at radius 1 is 1.47 bits per heavy atom. The summed E-state index contributed by atoms with van der Waals surface area (Å²) in [5.41, 5.74) is 1.04. The molecule has 0 bridgehead atoms. The van der Waals surface area contributed by atoms with Gasteiger partial charge in [0.15, 0.2) is 9.84 Å². The average Bonchev–Trinajstić information content (AvgIpc) is 2.69. The molecule has 1 aromatic carbocycles. The molecule has 1 unspecified atom stereocenters. The molecule has 1 heterocycles. The van der Waals surface area contributed by atoms with Crippen LogP contribution in [0.25, 0.3) is 0 Å². The number of benzene rings is 1. The lowest BCUT2D eigenvalue weighted by Gasteiger charge is -2.16. The summed E-state index contributed by atoms with van der Waals surface area (Å²) in [5, 5.41) is 3.25. The van der Waals surface area contributed by atoms with Crippen molar-refractivity contribution in [3.63, 3.8) is 0 Å². The van der Waals surface area contributed by atoms with E-state index in [0.717, 1.165) is 22.3 Å². The molecule has 1 fully saturated rings. The third-order valence-corrected chi connectivity index (χ3v) is 5.30. The van der Waals surface area contributed by atoms with E-state index in [-0.39, 0.29) is 17.6 Å². The van der Waals surface area contributed by atoms with Crippen LogP contribution in [0.1, 0.15) is 18.9 Å². The minimum atomic E-state index is -2.90. The Morgan fingerprint density at radius 3 is 2.89 bits per heavy atom. The number of hydrogen-bond donors (Lipinski definition) is 1. The predicted molar refractivity (Wildman–Crippen MR) is 79.2 cm³/mol. The monoisotopic (exact) mass is 347 g/mol. The molecular weight excluding hydrogens is 330 g/mol. The number of halogens is 1. The van der Waals surface area contributed by atoms with Gasteiger partial charge in [-0.15, -0.1) is 0 Å². The van der Waals surface area contributed by atoms with Crippen LogP contribution in [0.4, 0.5) is 0 Å². The number of hydrogen-bond acceptors (Lipinski definition) is 4. The summed E-state index contributed by atoms with van der Waals surface area (Å²) in [4.78, 5) is 0. The van der Waals surface area contributed by atoms with Crippen LogP contribution in [-0.4, -0.2) is 32.6 Å². The van der Waals surface area contributed by atoms with Gasteiger partial charge >= 0.3 is 0 Å². The van der Waals surface area contributed by atoms with E-state index < -0.39 is 9.84 Å². The molecule has 1 aliphatic rings. The summed E-state index contributed by atoms with van der Waals surface area (Å²) in [6.45, 7) is 3.64. The van der Waals surface area contributed by atoms with E-state index in [1.54, 1.807) is 0 Å². The highest BCUT2D eigenvalue weighted by Crippen LogP contribution is 2.26. The third kappa shape index (κ3) is 4.19. The molecule has 4 nitrogen and oxygen atoms in total. The maximum absolute atomic E-state index is 11.4. The van der Waals surface area contributed by atoms with E-state index in [9.17, 15) is 8.42 Å². The van der Waals surface area contributed by atoms with Crippen molar-refractivity contribution in [2.75, 3.05) is 18.1 Å². The van der Waals surface area contributed by atoms with Crippen LogP contribution in [0.5, 0.6) is 5.75 Å². The largest absolute Gasteiger partial charge is 0.489 e. The van der Waals surface area contributed by atoms with E-state index in [0.29, 0.717) is 13.0 Å². The maximum Gasteiger partial charge on any atom is 0.154 e. The lowest BCUT2D eigenvalue weighted by molar-refractivity contribution is 0.226. The van der Waals surface area contributed by atoms with E-state index in [1.165, 1.54) is 0 Å². The van der Waals surface area contributed by atoms with E-state index in [1.807, 2.05) is 25.1 Å². The van der Waals surface area contributed by atoms with Gasteiger partial charge in [0, 0.05) is 16.6 Å². The molecule has 1 aliphatic heterocycles. The van der Waals surface area contributed by atoms with Gasteiger partial charge in [0.2, 0.25) is 0 Å². The fourth-order valence-corrected chi connectivity index (χ4v) is 4.09. The molecule has 1 aromatic rings. The number of nitrogens with one attached hydrogen (secondary N) is 1. The van der Waals surface area contributed by atoms with Gasteiger partial charge in [-0.3, -0.25) is 0 Å². The summed E-state index contributed by atoms with van der Waals surface area (Å²) in [6, 6.07) is 5.80. The van der Waals surface area contributed by atoms with Crippen LogP contribution >= 0.6 is 15.9 Å². The molecule has 0 aromatic heterocycles. The first kappa shape index (κ1) is 14.8. The Kier molecular flexibility index (Phi) is 4.86. The van der Waals surface area contributed by atoms with Crippen molar-refractivity contribution in [3.8, 4) is 5.75 Å². The highest BCUT2D eigenvalue weighted by Gasteiger charge is 2.29. The first-order valence-corrected chi connectivity index (χ1v) is 8.98. The fraction of sp³-hybridized carbons (Fsp3) is 0.538. The minimum absolute atomic E-state index is 0.129. The maximum atomic E-state index is 11.4. The van der Waals surface area contributed by atoms with Crippen LogP contribution in [-0.2, 0) is 16.4 Å². The number of sulfone groups is 1. The van der Waals surface area contributed by atoms with Crippen molar-refractivity contribution < 1.29 is 13.2 Å². The first-order chi connectivity index (χ1) is 9.00. The molecule has 1 N–H and O–H groups in total. The van der Waals surface area contributed by atoms with Crippen LogP contribution in [0.3, 0.4) is 0 Å². The minimum Gasteiger partial charge on any atom is -0.489 e. The fourth-order valence-electron chi connectivity index (χ4n) is 2.09. The summed E-state index contributed by atoms with van der Waals surface area (Å²) in [5.74, 6) is 1.13. The quantitative estimate of drug-likeness (QED) is 0.886. The van der Waals surface area contributed by atoms with E-state index >= 15 is 0 Å². The Balaban J connectivity index is 2.11. The molecule has 2 rings (SSSR count). The second-order valence-electron chi connectivity index (χ2n) is 4.68. The van der Waals surface area contributed by atoms with E-state index in [2.05, 4.69) is 21.2 Å². The SMILES string of the molecule is CCNCc1cc(Br)ccc1OC1CCS(=O)(=O)C1. The molecule has 0 saturated carbocycles. The van der Waals surface area contributed by atoms with Crippen LogP contribution < -0.4 is 10.1 Å². The van der Waals surface area contributed by atoms with Crippen molar-refractivity contribution in [2.45, 2.75) is 26.0 Å². The molecule has 0 spiro atoms. The van der Waals surface area contributed by atoms with Gasteiger partial charge in [-0.25, -0.2) is 8.42 Å². The van der Waals surface area contributed by atoms with Crippen molar-refractivity contribution in [2.24, 2.45) is 0 Å². The van der Waals surface area contributed by atoms with Gasteiger partial charge in [-0.2, -0.15) is 0 Å². The average molecular weight is 348 g/mol. The van der Waals surface area contributed by atoms with Crippen LogP contribution in [0.2, 0.25) is 0 Å².